The van der Waals surface area contributed by atoms with Gasteiger partial charge in [-0.25, -0.2) is 0 Å². The van der Waals surface area contributed by atoms with Crippen molar-refractivity contribution in [2.24, 2.45) is 0 Å². The van der Waals surface area contributed by atoms with Crippen molar-refractivity contribution in [1.82, 2.24) is 0 Å². The SMILES string of the molecule is CCCCCCCCCCCCCCc1ccc(OCC(COP(O)OCC[NH2+]CC)OC(=O)CCC)cc1. The average Bonchev–Trinajstić information content (AvgIpc) is 2.94. The van der Waals surface area contributed by atoms with E-state index in [9.17, 15) is 9.69 Å². The van der Waals surface area contributed by atoms with Crippen LogP contribution in [0.5, 0.6) is 5.75 Å². The number of rotatable bonds is 27. The predicted octanol–water partition coefficient (Wildman–Crippen LogP) is 6.86. The Hall–Kier alpha value is -1.24. The fraction of sp³-hybridized carbons (Fsp3) is 0.774. The molecule has 0 bridgehead atoms. The minimum Gasteiger partial charge on any atom is -0.490 e. The first-order valence-electron chi connectivity index (χ1n) is 15.6. The van der Waals surface area contributed by atoms with E-state index in [4.69, 9.17) is 18.5 Å². The van der Waals surface area contributed by atoms with Gasteiger partial charge in [-0.1, -0.05) is 96.6 Å². The molecule has 8 heteroatoms. The minimum atomic E-state index is -2.02. The van der Waals surface area contributed by atoms with Gasteiger partial charge in [-0.3, -0.25) is 4.79 Å². The number of aryl methyl sites for hydroxylation is 1. The Bertz CT molecular complexity index is 690. The molecule has 0 spiro atoms. The summed E-state index contributed by atoms with van der Waals surface area (Å²) in [6.45, 7) is 8.55. The second kappa shape index (κ2) is 25.7. The molecular weight excluding hydrogens is 513 g/mol. The summed E-state index contributed by atoms with van der Waals surface area (Å²) in [5.41, 5.74) is 1.31. The summed E-state index contributed by atoms with van der Waals surface area (Å²) in [6, 6.07) is 8.15. The molecule has 0 radical (unpaired) electrons. The van der Waals surface area contributed by atoms with E-state index in [0.29, 0.717) is 19.4 Å². The average molecular weight is 571 g/mol. The van der Waals surface area contributed by atoms with Crippen LogP contribution in [-0.2, 0) is 25.0 Å². The molecule has 226 valence electrons. The number of esters is 1. The van der Waals surface area contributed by atoms with Gasteiger partial charge in [-0.2, -0.15) is 0 Å². The molecule has 3 N–H and O–H groups in total. The van der Waals surface area contributed by atoms with Gasteiger partial charge in [0.25, 0.3) is 0 Å². The van der Waals surface area contributed by atoms with Gasteiger partial charge >= 0.3 is 14.6 Å². The molecule has 0 saturated heterocycles. The first-order valence-corrected chi connectivity index (χ1v) is 16.7. The van der Waals surface area contributed by atoms with E-state index in [1.165, 1.54) is 82.6 Å². The second-order valence-corrected chi connectivity index (χ2v) is 11.3. The van der Waals surface area contributed by atoms with Crippen LogP contribution in [0.4, 0.5) is 0 Å². The third-order valence-electron chi connectivity index (χ3n) is 6.61. The summed E-state index contributed by atoms with van der Waals surface area (Å²) in [5, 5.41) is 2.08. The Kier molecular flexibility index (Phi) is 23.6. The normalized spacial score (nSPS) is 12.8. The molecule has 0 fully saturated rings. The van der Waals surface area contributed by atoms with Crippen LogP contribution in [0.1, 0.15) is 116 Å². The number of carbonyl (C=O) groups is 1. The number of nitrogens with two attached hydrogens (primary N) is 1. The maximum atomic E-state index is 12.0. The zero-order chi connectivity index (χ0) is 28.4. The smallest absolute Gasteiger partial charge is 0.330 e. The maximum Gasteiger partial charge on any atom is 0.330 e. The molecule has 1 aromatic carbocycles. The van der Waals surface area contributed by atoms with Crippen molar-refractivity contribution in [3.8, 4) is 5.75 Å². The number of hydrogen-bond acceptors (Lipinski definition) is 6. The zero-order valence-electron chi connectivity index (χ0n) is 25.0. The molecule has 0 aromatic heterocycles. The second-order valence-electron chi connectivity index (χ2n) is 10.3. The van der Waals surface area contributed by atoms with Crippen molar-refractivity contribution in [2.75, 3.05) is 32.9 Å². The first-order chi connectivity index (χ1) is 19.1. The van der Waals surface area contributed by atoms with Gasteiger partial charge in [-0.05, 0) is 43.9 Å². The lowest BCUT2D eigenvalue weighted by molar-refractivity contribution is -0.652. The van der Waals surface area contributed by atoms with Crippen LogP contribution < -0.4 is 10.1 Å². The van der Waals surface area contributed by atoms with Crippen molar-refractivity contribution in [3.63, 3.8) is 0 Å². The van der Waals surface area contributed by atoms with E-state index in [0.717, 1.165) is 25.3 Å². The van der Waals surface area contributed by atoms with E-state index >= 15 is 0 Å². The molecule has 0 aliphatic carbocycles. The Morgan fingerprint density at radius 2 is 1.44 bits per heavy atom. The summed E-state index contributed by atoms with van der Waals surface area (Å²) < 4.78 is 22.1. The predicted molar refractivity (Wildman–Crippen MR) is 160 cm³/mol. The molecule has 39 heavy (non-hydrogen) atoms. The molecule has 2 unspecified atom stereocenters. The van der Waals surface area contributed by atoms with Gasteiger partial charge in [0.15, 0.2) is 6.10 Å². The zero-order valence-corrected chi connectivity index (χ0v) is 25.9. The topological polar surface area (TPSA) is 90.8 Å². The highest BCUT2D eigenvalue weighted by molar-refractivity contribution is 7.40. The molecule has 7 nitrogen and oxygen atoms in total. The fourth-order valence-electron chi connectivity index (χ4n) is 4.28. The van der Waals surface area contributed by atoms with Crippen LogP contribution in [0.3, 0.4) is 0 Å². The highest BCUT2D eigenvalue weighted by Crippen LogP contribution is 2.32. The lowest BCUT2D eigenvalue weighted by Crippen LogP contribution is -2.84. The number of unbranched alkanes of at least 4 members (excludes halogenated alkanes) is 11. The number of carbonyl (C=O) groups excluding carboxylic acids is 1. The summed E-state index contributed by atoms with van der Waals surface area (Å²) in [6.07, 6.45) is 17.8. The Balaban J connectivity index is 2.26. The number of benzene rings is 1. The van der Waals surface area contributed by atoms with Crippen molar-refractivity contribution >= 4 is 14.6 Å². The molecule has 0 aliphatic heterocycles. The van der Waals surface area contributed by atoms with Crippen LogP contribution in [0.25, 0.3) is 0 Å². The van der Waals surface area contributed by atoms with Crippen LogP contribution in [0, 0.1) is 0 Å². The van der Waals surface area contributed by atoms with E-state index in [1.54, 1.807) is 0 Å². The number of ether oxygens (including phenoxy) is 2. The van der Waals surface area contributed by atoms with Crippen LogP contribution >= 0.6 is 8.60 Å². The van der Waals surface area contributed by atoms with E-state index in [2.05, 4.69) is 31.3 Å². The largest absolute Gasteiger partial charge is 0.490 e. The Labute approximate surface area is 239 Å². The van der Waals surface area contributed by atoms with Gasteiger partial charge in [0.05, 0.1) is 19.7 Å². The minimum absolute atomic E-state index is 0.0200. The Morgan fingerprint density at radius 3 is 2.03 bits per heavy atom. The highest BCUT2D eigenvalue weighted by atomic mass is 31.2. The van der Waals surface area contributed by atoms with Gasteiger partial charge < -0.3 is 28.7 Å². The van der Waals surface area contributed by atoms with Gasteiger partial charge in [0.2, 0.25) is 0 Å². The lowest BCUT2D eigenvalue weighted by atomic mass is 10.0. The lowest BCUT2D eigenvalue weighted by Gasteiger charge is -2.20. The summed E-state index contributed by atoms with van der Waals surface area (Å²) in [4.78, 5) is 22.0. The summed E-state index contributed by atoms with van der Waals surface area (Å²) in [7, 11) is -2.02. The van der Waals surface area contributed by atoms with Crippen molar-refractivity contribution in [2.45, 2.75) is 123 Å². The third-order valence-corrected chi connectivity index (χ3v) is 7.39. The first kappa shape index (κ1) is 35.8. The van der Waals surface area contributed by atoms with E-state index in [-0.39, 0.29) is 19.2 Å². The Morgan fingerprint density at radius 1 is 0.821 bits per heavy atom. The quantitative estimate of drug-likeness (QED) is 0.0683. The molecule has 2 atom stereocenters. The van der Waals surface area contributed by atoms with Gasteiger partial charge in [0.1, 0.15) is 19.0 Å². The highest BCUT2D eigenvalue weighted by Gasteiger charge is 2.19. The van der Waals surface area contributed by atoms with E-state index in [1.807, 2.05) is 19.1 Å². The summed E-state index contributed by atoms with van der Waals surface area (Å²) in [5.74, 6) is 0.427. The molecule has 1 aromatic rings. The maximum absolute atomic E-state index is 12.0. The van der Waals surface area contributed by atoms with Crippen molar-refractivity contribution in [1.29, 1.82) is 0 Å². The molecule has 0 amide bonds. The number of likely N-dealkylation sites (N-methyl/N-ethyl adjacent to an activating group) is 1. The summed E-state index contributed by atoms with van der Waals surface area (Å²) >= 11 is 0. The standard InChI is InChI=1S/C31H56NO6P/c1-4-7-8-9-10-11-12-13-14-15-16-17-19-28-20-22-29(23-21-28)35-26-30(38-31(33)18-5-2)27-37-39(34)36-25-24-32-6-3/h20-23,30,32,34H,4-19,24-27H2,1-3H3/p+1. The molecule has 0 aliphatic rings. The monoisotopic (exact) mass is 570 g/mol. The number of hydrogen-bond donors (Lipinski definition) is 2. The fourth-order valence-corrected chi connectivity index (χ4v) is 4.91. The van der Waals surface area contributed by atoms with Gasteiger partial charge in [0, 0.05) is 6.42 Å². The third kappa shape index (κ3) is 21.2. The van der Waals surface area contributed by atoms with Crippen molar-refractivity contribution in [3.05, 3.63) is 29.8 Å². The molecule has 0 heterocycles. The van der Waals surface area contributed by atoms with E-state index < -0.39 is 14.7 Å². The van der Waals surface area contributed by atoms with Gasteiger partial charge in [-0.15, -0.1) is 0 Å². The molecule has 1 rings (SSSR count). The van der Waals surface area contributed by atoms with Crippen molar-refractivity contribution < 1.29 is 33.5 Å². The van der Waals surface area contributed by atoms with Crippen LogP contribution in [0.15, 0.2) is 24.3 Å². The van der Waals surface area contributed by atoms with Crippen LogP contribution in [0.2, 0.25) is 0 Å². The molecular formula is C31H57NO6P+. The number of quaternary nitrogens is 1. The van der Waals surface area contributed by atoms with Crippen LogP contribution in [-0.4, -0.2) is 49.9 Å². The molecule has 0 saturated carbocycles.